The fourth-order valence-electron chi connectivity index (χ4n) is 0.300. The molecule has 0 aliphatic carbocycles. The van der Waals surface area contributed by atoms with Gasteiger partial charge in [0, 0.05) is 13.7 Å². The van der Waals surface area contributed by atoms with Crippen molar-refractivity contribution < 1.29 is 9.84 Å². The highest BCUT2D eigenvalue weighted by molar-refractivity contribution is 4.44. The minimum atomic E-state index is 0.199. The van der Waals surface area contributed by atoms with E-state index in [1.807, 2.05) is 6.92 Å². The summed E-state index contributed by atoms with van der Waals surface area (Å²) in [6.07, 6.45) is 0.932. The topological polar surface area (TPSA) is 29.5 Å². The number of ether oxygens (including phenoxy) is 1. The van der Waals surface area contributed by atoms with Crippen LogP contribution < -0.4 is 0 Å². The van der Waals surface area contributed by atoms with E-state index in [0.29, 0.717) is 0 Å². The number of methoxy groups -OCH3 is 1. The van der Waals surface area contributed by atoms with Crippen LogP contribution >= 0.6 is 0 Å². The van der Waals surface area contributed by atoms with Gasteiger partial charge in [-0.1, -0.05) is 0 Å². The second-order valence-corrected chi connectivity index (χ2v) is 1.56. The Morgan fingerprint density at radius 1 is 1.71 bits per heavy atom. The molecule has 0 rings (SSSR count). The molecule has 0 aromatic rings. The van der Waals surface area contributed by atoms with E-state index in [0.717, 1.165) is 6.42 Å². The molecular formula is C5H12O2. The Morgan fingerprint density at radius 2 is 2.29 bits per heavy atom. The highest BCUT2D eigenvalue weighted by atomic mass is 16.5. The maximum atomic E-state index is 8.29. The lowest BCUT2D eigenvalue weighted by atomic mass is 10.3. The van der Waals surface area contributed by atoms with Crippen molar-refractivity contribution in [2.24, 2.45) is 0 Å². The number of rotatable bonds is 3. The van der Waals surface area contributed by atoms with Crippen molar-refractivity contribution in [3.8, 4) is 0 Å². The van der Waals surface area contributed by atoms with Crippen LogP contribution in [0.1, 0.15) is 13.3 Å². The zero-order chi connectivity index (χ0) is 5.70. The molecule has 0 aliphatic rings. The molecule has 0 saturated carbocycles. The van der Waals surface area contributed by atoms with Crippen LogP contribution in [-0.2, 0) is 4.74 Å². The minimum Gasteiger partial charge on any atom is -0.396 e. The van der Waals surface area contributed by atoms with E-state index in [1.165, 1.54) is 0 Å². The molecule has 0 bridgehead atoms. The number of aliphatic hydroxyl groups excluding tert-OH is 1. The summed E-state index contributed by atoms with van der Waals surface area (Å²) in [4.78, 5) is 0. The van der Waals surface area contributed by atoms with Gasteiger partial charge in [-0.2, -0.15) is 0 Å². The number of aliphatic hydroxyl groups is 1. The Labute approximate surface area is 44.1 Å². The van der Waals surface area contributed by atoms with Crippen molar-refractivity contribution in [1.29, 1.82) is 0 Å². The first-order valence-corrected chi connectivity index (χ1v) is 2.45. The minimum absolute atomic E-state index is 0.199. The van der Waals surface area contributed by atoms with Gasteiger partial charge in [-0.05, 0) is 13.3 Å². The molecule has 1 atom stereocenters. The maximum absolute atomic E-state index is 8.29. The van der Waals surface area contributed by atoms with Crippen LogP contribution in [0.25, 0.3) is 0 Å². The van der Waals surface area contributed by atoms with Gasteiger partial charge in [0.05, 0.1) is 6.10 Å². The first-order valence-electron chi connectivity index (χ1n) is 2.45. The summed E-state index contributed by atoms with van der Waals surface area (Å²) in [5.41, 5.74) is 0. The van der Waals surface area contributed by atoms with Gasteiger partial charge in [0.2, 0.25) is 0 Å². The molecule has 0 heterocycles. The van der Waals surface area contributed by atoms with Crippen LogP contribution in [0.5, 0.6) is 0 Å². The zero-order valence-corrected chi connectivity index (χ0v) is 4.85. The zero-order valence-electron chi connectivity index (χ0n) is 4.85. The normalized spacial score (nSPS) is 14.1. The summed E-state index contributed by atoms with van der Waals surface area (Å²) in [5.74, 6) is 0. The van der Waals surface area contributed by atoms with Gasteiger partial charge in [-0.15, -0.1) is 0 Å². The molecule has 0 saturated heterocycles. The van der Waals surface area contributed by atoms with E-state index in [1.54, 1.807) is 7.11 Å². The summed E-state index contributed by atoms with van der Waals surface area (Å²) in [5, 5.41) is 8.29. The van der Waals surface area contributed by atoms with Gasteiger partial charge >= 0.3 is 0 Å². The third-order valence-corrected chi connectivity index (χ3v) is 0.938. The molecule has 2 nitrogen and oxygen atoms in total. The first-order chi connectivity index (χ1) is 3.31. The van der Waals surface area contributed by atoms with Crippen molar-refractivity contribution in [1.82, 2.24) is 0 Å². The second kappa shape index (κ2) is 4.09. The summed E-state index contributed by atoms with van der Waals surface area (Å²) >= 11 is 0. The molecule has 0 fully saturated rings. The molecule has 0 radical (unpaired) electrons. The van der Waals surface area contributed by atoms with Crippen LogP contribution in [0.15, 0.2) is 0 Å². The summed E-state index contributed by atoms with van der Waals surface area (Å²) in [6.45, 7) is 2.14. The second-order valence-electron chi connectivity index (χ2n) is 1.56. The van der Waals surface area contributed by atoms with Crippen LogP contribution in [-0.4, -0.2) is 24.9 Å². The standard InChI is InChI=1S/C5H12O2/c1-5(7-2)3-4-6/h5-6H,3-4H2,1-2H3/t5-/m1/s1. The van der Waals surface area contributed by atoms with Crippen LogP contribution in [0, 0.1) is 0 Å². The molecule has 1 N–H and O–H groups in total. The average molecular weight is 104 g/mol. The fraction of sp³-hybridized carbons (Fsp3) is 1.00. The highest BCUT2D eigenvalue weighted by Crippen LogP contribution is 1.90. The van der Waals surface area contributed by atoms with E-state index in [-0.39, 0.29) is 12.7 Å². The summed E-state index contributed by atoms with van der Waals surface area (Å²) in [7, 11) is 1.64. The van der Waals surface area contributed by atoms with Crippen molar-refractivity contribution in [2.45, 2.75) is 19.4 Å². The van der Waals surface area contributed by atoms with Gasteiger partial charge in [-0.25, -0.2) is 0 Å². The summed E-state index contributed by atoms with van der Waals surface area (Å²) in [6, 6.07) is 0. The van der Waals surface area contributed by atoms with E-state index in [2.05, 4.69) is 0 Å². The van der Waals surface area contributed by atoms with Crippen molar-refractivity contribution >= 4 is 0 Å². The largest absolute Gasteiger partial charge is 0.396 e. The van der Waals surface area contributed by atoms with E-state index < -0.39 is 0 Å². The first kappa shape index (κ1) is 6.92. The highest BCUT2D eigenvalue weighted by Gasteiger charge is 1.93. The average Bonchev–Trinajstić information content (AvgIpc) is 1.68. The molecule has 0 aliphatic heterocycles. The smallest absolute Gasteiger partial charge is 0.0565 e. The van der Waals surface area contributed by atoms with Gasteiger partial charge in [0.15, 0.2) is 0 Å². The molecular weight excluding hydrogens is 92.1 g/mol. The Bertz CT molecular complexity index is 37.1. The van der Waals surface area contributed by atoms with Gasteiger partial charge in [-0.3, -0.25) is 0 Å². The van der Waals surface area contributed by atoms with Crippen LogP contribution in [0.2, 0.25) is 0 Å². The maximum Gasteiger partial charge on any atom is 0.0565 e. The SMILES string of the molecule is CO[C@H](C)CCO. The fourth-order valence-corrected chi connectivity index (χ4v) is 0.300. The molecule has 0 unspecified atom stereocenters. The number of hydrogen-bond donors (Lipinski definition) is 1. The van der Waals surface area contributed by atoms with Gasteiger partial charge in [0.25, 0.3) is 0 Å². The molecule has 7 heavy (non-hydrogen) atoms. The van der Waals surface area contributed by atoms with Crippen LogP contribution in [0.3, 0.4) is 0 Å². The van der Waals surface area contributed by atoms with Gasteiger partial charge in [0.1, 0.15) is 0 Å². The Morgan fingerprint density at radius 3 is 2.43 bits per heavy atom. The van der Waals surface area contributed by atoms with E-state index >= 15 is 0 Å². The Kier molecular flexibility index (Phi) is 4.04. The lowest BCUT2D eigenvalue weighted by Crippen LogP contribution is -2.05. The third-order valence-electron chi connectivity index (χ3n) is 0.938. The van der Waals surface area contributed by atoms with Crippen molar-refractivity contribution in [3.05, 3.63) is 0 Å². The Balaban J connectivity index is 2.83. The lowest BCUT2D eigenvalue weighted by molar-refractivity contribution is 0.0917. The van der Waals surface area contributed by atoms with Crippen LogP contribution in [0.4, 0.5) is 0 Å². The van der Waals surface area contributed by atoms with E-state index in [4.69, 9.17) is 9.84 Å². The predicted molar refractivity (Wildman–Crippen MR) is 28.2 cm³/mol. The molecule has 0 amide bonds. The quantitative estimate of drug-likeness (QED) is 0.561. The molecule has 0 spiro atoms. The molecule has 44 valence electrons. The van der Waals surface area contributed by atoms with Gasteiger partial charge < -0.3 is 9.84 Å². The monoisotopic (exact) mass is 104 g/mol. The van der Waals surface area contributed by atoms with Crippen molar-refractivity contribution in [3.63, 3.8) is 0 Å². The Hall–Kier alpha value is -0.0800. The summed E-state index contributed by atoms with van der Waals surface area (Å²) < 4.78 is 4.83. The van der Waals surface area contributed by atoms with E-state index in [9.17, 15) is 0 Å². The molecule has 2 heteroatoms. The molecule has 0 aromatic heterocycles. The predicted octanol–water partition coefficient (Wildman–Crippen LogP) is 0.404. The molecule has 0 aromatic carbocycles. The third kappa shape index (κ3) is 3.76. The number of hydrogen-bond acceptors (Lipinski definition) is 2. The van der Waals surface area contributed by atoms with Crippen molar-refractivity contribution in [2.75, 3.05) is 13.7 Å². The lowest BCUT2D eigenvalue weighted by Gasteiger charge is -2.04.